The summed E-state index contributed by atoms with van der Waals surface area (Å²) in [4.78, 5) is 25.4. The molecule has 0 aromatic heterocycles. The summed E-state index contributed by atoms with van der Waals surface area (Å²) in [6, 6.07) is 21.1. The SMILES string of the molecule is O=C(NCCNC(=O)c1ccc(CSc2ccc(Cl)cc2)cc1)c1ccc(O)cc1. The van der Waals surface area contributed by atoms with Crippen LogP contribution in [-0.4, -0.2) is 30.0 Å². The standard InChI is InChI=1S/C23H21ClN2O3S/c24-19-7-11-21(12-8-19)30-15-16-1-3-17(4-2-16)22(28)25-13-14-26-23(29)18-5-9-20(27)10-6-18/h1-12,27H,13-15H2,(H,25,28)(H,26,29). The van der Waals surface area contributed by atoms with Gasteiger partial charge in [-0.05, 0) is 66.2 Å². The van der Waals surface area contributed by atoms with Crippen molar-refractivity contribution in [1.29, 1.82) is 0 Å². The Kier molecular flexibility index (Phi) is 7.76. The van der Waals surface area contributed by atoms with Crippen molar-refractivity contribution >= 4 is 35.2 Å². The maximum atomic E-state index is 12.3. The first-order valence-corrected chi connectivity index (χ1v) is 10.7. The van der Waals surface area contributed by atoms with Gasteiger partial charge in [0.25, 0.3) is 11.8 Å². The molecular weight excluding hydrogens is 420 g/mol. The highest BCUT2D eigenvalue weighted by Crippen LogP contribution is 2.24. The van der Waals surface area contributed by atoms with E-state index in [9.17, 15) is 14.7 Å². The maximum absolute atomic E-state index is 12.3. The third-order valence-electron chi connectivity index (χ3n) is 4.26. The van der Waals surface area contributed by atoms with Crippen LogP contribution in [0.2, 0.25) is 5.02 Å². The molecule has 5 nitrogen and oxygen atoms in total. The van der Waals surface area contributed by atoms with Gasteiger partial charge in [0.2, 0.25) is 0 Å². The lowest BCUT2D eigenvalue weighted by Crippen LogP contribution is -2.34. The molecule has 0 unspecified atom stereocenters. The van der Waals surface area contributed by atoms with E-state index in [4.69, 9.17) is 11.6 Å². The predicted octanol–water partition coefficient (Wildman–Crippen LogP) is 4.50. The van der Waals surface area contributed by atoms with Gasteiger partial charge in [-0.15, -0.1) is 11.8 Å². The normalized spacial score (nSPS) is 10.4. The van der Waals surface area contributed by atoms with Gasteiger partial charge in [0.1, 0.15) is 5.75 Å². The minimum absolute atomic E-state index is 0.105. The number of thioether (sulfide) groups is 1. The number of hydrogen-bond acceptors (Lipinski definition) is 4. The number of aromatic hydroxyl groups is 1. The number of rotatable bonds is 8. The van der Waals surface area contributed by atoms with Gasteiger partial charge in [-0.2, -0.15) is 0 Å². The molecule has 0 atom stereocenters. The topological polar surface area (TPSA) is 78.4 Å². The molecule has 3 aromatic carbocycles. The van der Waals surface area contributed by atoms with Crippen molar-refractivity contribution in [2.45, 2.75) is 10.6 Å². The molecule has 0 aliphatic carbocycles. The summed E-state index contributed by atoms with van der Waals surface area (Å²) < 4.78 is 0. The molecule has 0 saturated heterocycles. The maximum Gasteiger partial charge on any atom is 0.251 e. The van der Waals surface area contributed by atoms with Gasteiger partial charge < -0.3 is 15.7 Å². The summed E-state index contributed by atoms with van der Waals surface area (Å²) in [5.41, 5.74) is 2.14. The molecule has 0 radical (unpaired) electrons. The molecule has 7 heteroatoms. The Hall–Kier alpha value is -2.96. The molecule has 0 saturated carbocycles. The van der Waals surface area contributed by atoms with Crippen molar-refractivity contribution in [3.63, 3.8) is 0 Å². The molecule has 0 aliphatic heterocycles. The van der Waals surface area contributed by atoms with Crippen LogP contribution in [0.5, 0.6) is 5.75 Å². The van der Waals surface area contributed by atoms with Gasteiger partial charge >= 0.3 is 0 Å². The highest BCUT2D eigenvalue weighted by Gasteiger charge is 2.07. The molecule has 0 fully saturated rings. The van der Waals surface area contributed by atoms with E-state index >= 15 is 0 Å². The largest absolute Gasteiger partial charge is 0.508 e. The average Bonchev–Trinajstić information content (AvgIpc) is 2.77. The van der Waals surface area contributed by atoms with Crippen molar-refractivity contribution in [2.24, 2.45) is 0 Å². The summed E-state index contributed by atoms with van der Waals surface area (Å²) in [6.07, 6.45) is 0. The quantitative estimate of drug-likeness (QED) is 0.356. The predicted molar refractivity (Wildman–Crippen MR) is 120 cm³/mol. The molecular formula is C23H21ClN2O3S. The Morgan fingerprint density at radius 1 is 0.767 bits per heavy atom. The monoisotopic (exact) mass is 440 g/mol. The Morgan fingerprint density at radius 3 is 1.80 bits per heavy atom. The van der Waals surface area contributed by atoms with E-state index in [2.05, 4.69) is 10.6 Å². The van der Waals surface area contributed by atoms with Crippen molar-refractivity contribution in [3.05, 3.63) is 94.5 Å². The van der Waals surface area contributed by atoms with Crippen LogP contribution in [-0.2, 0) is 5.75 Å². The zero-order chi connectivity index (χ0) is 21.3. The number of amides is 2. The lowest BCUT2D eigenvalue weighted by molar-refractivity contribution is 0.0927. The molecule has 3 aromatic rings. The molecule has 3 rings (SSSR count). The van der Waals surface area contributed by atoms with Crippen molar-refractivity contribution in [1.82, 2.24) is 10.6 Å². The van der Waals surface area contributed by atoms with Crippen molar-refractivity contribution < 1.29 is 14.7 Å². The smallest absolute Gasteiger partial charge is 0.251 e. The third kappa shape index (κ3) is 6.54. The van der Waals surface area contributed by atoms with Gasteiger partial charge in [0.15, 0.2) is 0 Å². The Labute approximate surface area is 184 Å². The Balaban J connectivity index is 1.40. The first-order chi connectivity index (χ1) is 14.5. The van der Waals surface area contributed by atoms with Crippen LogP contribution < -0.4 is 10.6 Å². The molecule has 0 bridgehead atoms. The van der Waals surface area contributed by atoms with E-state index in [0.717, 1.165) is 21.2 Å². The average molecular weight is 441 g/mol. The van der Waals surface area contributed by atoms with Gasteiger partial charge in [0.05, 0.1) is 0 Å². The van der Waals surface area contributed by atoms with Gasteiger partial charge in [-0.25, -0.2) is 0 Å². The van der Waals surface area contributed by atoms with Gasteiger partial charge in [0, 0.05) is 39.9 Å². The molecule has 154 valence electrons. The molecule has 2 amide bonds. The molecule has 0 heterocycles. The molecule has 30 heavy (non-hydrogen) atoms. The molecule has 0 aliphatic rings. The van der Waals surface area contributed by atoms with Crippen LogP contribution in [0.1, 0.15) is 26.3 Å². The number of phenolic OH excluding ortho intramolecular Hbond substituents is 1. The number of halogens is 1. The van der Waals surface area contributed by atoms with E-state index in [1.807, 2.05) is 36.4 Å². The number of carbonyl (C=O) groups is 2. The number of phenols is 1. The number of hydrogen-bond donors (Lipinski definition) is 3. The van der Waals surface area contributed by atoms with E-state index in [1.165, 1.54) is 24.3 Å². The summed E-state index contributed by atoms with van der Waals surface area (Å²) in [5.74, 6) is 0.457. The van der Waals surface area contributed by atoms with Crippen molar-refractivity contribution in [3.8, 4) is 5.75 Å². The van der Waals surface area contributed by atoms with Gasteiger partial charge in [-0.3, -0.25) is 9.59 Å². The summed E-state index contributed by atoms with van der Waals surface area (Å²) in [7, 11) is 0. The number of nitrogens with one attached hydrogen (secondary N) is 2. The summed E-state index contributed by atoms with van der Waals surface area (Å²) in [5, 5.41) is 15.5. The first kappa shape index (κ1) is 21.7. The minimum atomic E-state index is -0.258. The second-order valence-corrected chi connectivity index (χ2v) is 7.98. The molecule has 0 spiro atoms. The first-order valence-electron chi connectivity index (χ1n) is 9.34. The number of benzene rings is 3. The van der Waals surface area contributed by atoms with Crippen LogP contribution in [0.25, 0.3) is 0 Å². The summed E-state index contributed by atoms with van der Waals surface area (Å²) >= 11 is 7.60. The Bertz CT molecular complexity index is 990. The van der Waals surface area contributed by atoms with Crippen molar-refractivity contribution in [2.75, 3.05) is 13.1 Å². The van der Waals surface area contributed by atoms with Crippen LogP contribution in [0.4, 0.5) is 0 Å². The fourth-order valence-electron chi connectivity index (χ4n) is 2.62. The van der Waals surface area contributed by atoms with E-state index in [1.54, 1.807) is 23.9 Å². The van der Waals surface area contributed by atoms with Crippen LogP contribution in [0, 0.1) is 0 Å². The van der Waals surface area contributed by atoms with E-state index in [0.29, 0.717) is 24.2 Å². The van der Waals surface area contributed by atoms with Crippen LogP contribution in [0.15, 0.2) is 77.7 Å². The van der Waals surface area contributed by atoms with Crippen LogP contribution >= 0.6 is 23.4 Å². The number of carbonyl (C=O) groups excluding carboxylic acids is 2. The Morgan fingerprint density at radius 2 is 1.27 bits per heavy atom. The lowest BCUT2D eigenvalue weighted by Gasteiger charge is -2.08. The second-order valence-electron chi connectivity index (χ2n) is 6.50. The zero-order valence-corrected chi connectivity index (χ0v) is 17.7. The van der Waals surface area contributed by atoms with E-state index in [-0.39, 0.29) is 17.6 Å². The fourth-order valence-corrected chi connectivity index (χ4v) is 3.60. The lowest BCUT2D eigenvalue weighted by atomic mass is 10.1. The fraction of sp³-hybridized carbons (Fsp3) is 0.130. The third-order valence-corrected chi connectivity index (χ3v) is 5.60. The van der Waals surface area contributed by atoms with Gasteiger partial charge in [-0.1, -0.05) is 23.7 Å². The highest BCUT2D eigenvalue weighted by molar-refractivity contribution is 7.98. The minimum Gasteiger partial charge on any atom is -0.508 e. The van der Waals surface area contributed by atoms with E-state index < -0.39 is 0 Å². The zero-order valence-electron chi connectivity index (χ0n) is 16.1. The second kappa shape index (κ2) is 10.7. The molecule has 3 N–H and O–H groups in total. The summed E-state index contributed by atoms with van der Waals surface area (Å²) in [6.45, 7) is 0.623. The van der Waals surface area contributed by atoms with Crippen LogP contribution in [0.3, 0.4) is 0 Å². The highest BCUT2D eigenvalue weighted by atomic mass is 35.5.